The minimum atomic E-state index is -0.903. The van der Waals surface area contributed by atoms with Crippen molar-refractivity contribution in [3.05, 3.63) is 116 Å². The summed E-state index contributed by atoms with van der Waals surface area (Å²) in [6, 6.07) is 18.0. The van der Waals surface area contributed by atoms with E-state index in [4.69, 9.17) is 10.5 Å². The monoisotopic (exact) mass is 463 g/mol. The summed E-state index contributed by atoms with van der Waals surface area (Å²) in [7, 11) is 1.59. The molecule has 0 saturated carbocycles. The van der Waals surface area contributed by atoms with Gasteiger partial charge in [0.25, 0.3) is 10.9 Å². The van der Waals surface area contributed by atoms with E-state index in [1.54, 1.807) is 25.3 Å². The molecule has 0 fully saturated rings. The molecule has 0 saturated heterocycles. The number of methoxy groups -OCH3 is 1. The maximum absolute atomic E-state index is 13.8. The Morgan fingerprint density at radius 1 is 0.824 bits per heavy atom. The fourth-order valence-electron chi connectivity index (χ4n) is 3.75. The van der Waals surface area contributed by atoms with Crippen molar-refractivity contribution in [2.45, 2.75) is 19.0 Å². The molecule has 174 valence electrons. The van der Waals surface area contributed by atoms with Gasteiger partial charge in [-0.3, -0.25) is 14.9 Å². The smallest absolute Gasteiger partial charge is 0.253 e. The van der Waals surface area contributed by atoms with Crippen LogP contribution in [0.3, 0.4) is 0 Å². The summed E-state index contributed by atoms with van der Waals surface area (Å²) in [4.78, 5) is 23.0. The molecule has 4 N–H and O–H groups in total. The first-order chi connectivity index (χ1) is 16.3. The van der Waals surface area contributed by atoms with Gasteiger partial charge in [-0.25, -0.2) is 8.78 Å². The van der Waals surface area contributed by atoms with Crippen molar-refractivity contribution in [2.24, 2.45) is 0 Å². The van der Waals surface area contributed by atoms with Crippen LogP contribution in [0.4, 0.5) is 25.8 Å². The summed E-state index contributed by atoms with van der Waals surface area (Å²) >= 11 is 0. The summed E-state index contributed by atoms with van der Waals surface area (Å²) in [5, 5.41) is 6.35. The average Bonchev–Trinajstić information content (AvgIpc) is 2.87. The molecule has 4 aromatic carbocycles. The van der Waals surface area contributed by atoms with Crippen LogP contribution < -0.4 is 32.0 Å². The molecule has 2 atom stereocenters. The third-order valence-corrected chi connectivity index (χ3v) is 5.77. The maximum atomic E-state index is 13.8. The number of nitrogens with two attached hydrogens (primary N) is 1. The van der Waals surface area contributed by atoms with Gasteiger partial charge in [-0.15, -0.1) is 0 Å². The zero-order valence-electron chi connectivity index (χ0n) is 18.6. The third-order valence-electron chi connectivity index (χ3n) is 5.77. The van der Waals surface area contributed by atoms with Crippen LogP contribution in [0.2, 0.25) is 0 Å². The van der Waals surface area contributed by atoms with Gasteiger partial charge in [-0.2, -0.15) is 0 Å². The molecule has 0 bridgehead atoms. The van der Waals surface area contributed by atoms with Crippen LogP contribution in [-0.4, -0.2) is 7.11 Å². The highest BCUT2D eigenvalue weighted by molar-refractivity contribution is 5.76. The van der Waals surface area contributed by atoms with Gasteiger partial charge in [0.15, 0.2) is 11.6 Å². The second-order valence-corrected chi connectivity index (χ2v) is 7.96. The van der Waals surface area contributed by atoms with Gasteiger partial charge < -0.3 is 15.8 Å². The second-order valence-electron chi connectivity index (χ2n) is 7.96. The minimum Gasteiger partial charge on any atom is -0.497 e. The number of halogens is 2. The van der Waals surface area contributed by atoms with E-state index < -0.39 is 22.5 Å². The first-order valence-corrected chi connectivity index (χ1v) is 10.6. The molecule has 8 heteroatoms. The fourth-order valence-corrected chi connectivity index (χ4v) is 3.75. The quantitative estimate of drug-likeness (QED) is 0.337. The van der Waals surface area contributed by atoms with E-state index in [1.165, 1.54) is 6.07 Å². The number of hydrogen-bond acceptors (Lipinski definition) is 6. The third kappa shape index (κ3) is 4.53. The van der Waals surface area contributed by atoms with Crippen molar-refractivity contribution in [2.75, 3.05) is 18.2 Å². The normalized spacial score (nSPS) is 12.9. The van der Waals surface area contributed by atoms with Crippen LogP contribution in [0.1, 0.15) is 35.7 Å². The highest BCUT2D eigenvalue weighted by atomic mass is 19.2. The SMILES string of the molecule is COc1ccc(C(NC(C)c2ccc(F)c(F)c2)c2ccc(Nc3c(N)c(=O)c3=O)cc2)cc1. The Hall–Kier alpha value is -4.04. The molecule has 0 aliphatic heterocycles. The second kappa shape index (κ2) is 9.44. The number of nitrogen functional groups attached to an aromatic ring is 1. The van der Waals surface area contributed by atoms with Gasteiger partial charge in [0.1, 0.15) is 17.1 Å². The predicted molar refractivity (Wildman–Crippen MR) is 128 cm³/mol. The highest BCUT2D eigenvalue weighted by Gasteiger charge is 2.20. The van der Waals surface area contributed by atoms with Crippen LogP contribution in [0.15, 0.2) is 76.3 Å². The lowest BCUT2D eigenvalue weighted by molar-refractivity contribution is 0.414. The Bertz CT molecular complexity index is 1380. The van der Waals surface area contributed by atoms with E-state index in [1.807, 2.05) is 43.3 Å². The summed E-state index contributed by atoms with van der Waals surface area (Å²) in [6.07, 6.45) is 0. The van der Waals surface area contributed by atoms with Gasteiger partial charge in [-0.05, 0) is 60.0 Å². The first kappa shape index (κ1) is 23.1. The molecule has 0 aromatic heterocycles. The Kier molecular flexibility index (Phi) is 6.43. The summed E-state index contributed by atoms with van der Waals surface area (Å²) in [6.45, 7) is 1.87. The van der Waals surface area contributed by atoms with Crippen molar-refractivity contribution in [1.82, 2.24) is 5.32 Å². The lowest BCUT2D eigenvalue weighted by atomic mass is 9.96. The van der Waals surface area contributed by atoms with E-state index in [0.717, 1.165) is 17.2 Å². The van der Waals surface area contributed by atoms with Crippen molar-refractivity contribution >= 4 is 17.1 Å². The van der Waals surface area contributed by atoms with E-state index in [9.17, 15) is 18.4 Å². The number of benzene rings is 3. The number of rotatable bonds is 8. The van der Waals surface area contributed by atoms with Gasteiger partial charge in [0.05, 0.1) is 13.2 Å². The van der Waals surface area contributed by atoms with Crippen LogP contribution in [-0.2, 0) is 0 Å². The first-order valence-electron chi connectivity index (χ1n) is 10.6. The lowest BCUT2D eigenvalue weighted by Crippen LogP contribution is -2.36. The van der Waals surface area contributed by atoms with Gasteiger partial charge >= 0.3 is 0 Å². The molecule has 0 radical (unpaired) electrons. The van der Waals surface area contributed by atoms with E-state index in [2.05, 4.69) is 10.6 Å². The zero-order valence-corrected chi connectivity index (χ0v) is 18.6. The zero-order chi connectivity index (χ0) is 24.4. The summed E-state index contributed by atoms with van der Waals surface area (Å²) < 4.78 is 32.4. The van der Waals surface area contributed by atoms with E-state index in [0.29, 0.717) is 17.0 Å². The van der Waals surface area contributed by atoms with Crippen molar-refractivity contribution < 1.29 is 13.5 Å². The van der Waals surface area contributed by atoms with Crippen LogP contribution in [0.5, 0.6) is 5.75 Å². The van der Waals surface area contributed by atoms with Gasteiger partial charge in [0, 0.05) is 11.7 Å². The molecular weight excluding hydrogens is 440 g/mol. The lowest BCUT2D eigenvalue weighted by Gasteiger charge is -2.25. The number of nitrogens with one attached hydrogen (secondary N) is 2. The predicted octanol–water partition coefficient (Wildman–Crippen LogP) is 4.34. The molecular formula is C26H23F2N3O3. The molecule has 0 aliphatic carbocycles. The van der Waals surface area contributed by atoms with Crippen LogP contribution >= 0.6 is 0 Å². The minimum absolute atomic E-state index is 0.0767. The summed E-state index contributed by atoms with van der Waals surface area (Å²) in [5.41, 5.74) is 7.31. The van der Waals surface area contributed by atoms with E-state index >= 15 is 0 Å². The van der Waals surface area contributed by atoms with E-state index in [-0.39, 0.29) is 23.5 Å². The molecule has 6 nitrogen and oxygen atoms in total. The maximum Gasteiger partial charge on any atom is 0.253 e. The fraction of sp³-hybridized carbons (Fsp3) is 0.154. The largest absolute Gasteiger partial charge is 0.497 e. The standard InChI is InChI=1S/C26H23F2N3O3/c1-14(17-7-12-20(27)21(28)13-17)30-23(16-5-10-19(34-2)11-6-16)15-3-8-18(9-4-15)31-24-22(29)25(32)26(24)33/h3-14,23,30-31H,29H2,1-2H3. The Balaban J connectivity index is 1.62. The average molecular weight is 463 g/mol. The molecule has 4 rings (SSSR count). The molecule has 2 unspecified atom stereocenters. The van der Waals surface area contributed by atoms with Crippen LogP contribution in [0.25, 0.3) is 0 Å². The molecule has 34 heavy (non-hydrogen) atoms. The Morgan fingerprint density at radius 3 is 1.97 bits per heavy atom. The molecule has 4 aromatic rings. The number of ether oxygens (including phenoxy) is 1. The highest BCUT2D eigenvalue weighted by Crippen LogP contribution is 2.29. The molecule has 0 aliphatic rings. The Labute approximate surface area is 194 Å². The van der Waals surface area contributed by atoms with Gasteiger partial charge in [0.2, 0.25) is 0 Å². The number of hydrogen-bond donors (Lipinski definition) is 3. The molecule has 0 spiro atoms. The molecule has 0 amide bonds. The Morgan fingerprint density at radius 2 is 1.41 bits per heavy atom. The van der Waals surface area contributed by atoms with Crippen LogP contribution in [0, 0.1) is 11.6 Å². The number of anilines is 3. The topological polar surface area (TPSA) is 93.4 Å². The molecule has 0 heterocycles. The van der Waals surface area contributed by atoms with Gasteiger partial charge in [-0.1, -0.05) is 30.3 Å². The van der Waals surface area contributed by atoms with Crippen molar-refractivity contribution in [3.63, 3.8) is 0 Å². The van der Waals surface area contributed by atoms with Crippen molar-refractivity contribution in [1.29, 1.82) is 0 Å². The summed E-state index contributed by atoms with van der Waals surface area (Å²) in [5.74, 6) is -1.09. The van der Waals surface area contributed by atoms with Crippen molar-refractivity contribution in [3.8, 4) is 5.75 Å².